The van der Waals surface area contributed by atoms with E-state index >= 15 is 0 Å². The Hall–Kier alpha value is -0.660. The van der Waals surface area contributed by atoms with Gasteiger partial charge in [0.2, 0.25) is 0 Å². The fraction of sp³-hybridized carbons (Fsp3) is 0.667. The molecule has 0 atom stereocenters. The first kappa shape index (κ1) is 5.48. The van der Waals surface area contributed by atoms with E-state index in [1.807, 2.05) is 6.08 Å². The highest BCUT2D eigenvalue weighted by molar-refractivity contribution is 4.86. The van der Waals surface area contributed by atoms with E-state index in [-0.39, 0.29) is 0 Å². The van der Waals surface area contributed by atoms with Gasteiger partial charge in [0, 0.05) is 6.08 Å². The smallest absolute Gasteiger partial charge is 0.243 e. The van der Waals surface area contributed by atoms with Crippen molar-refractivity contribution in [1.82, 2.24) is 0 Å². The molecular weight excluding hydrogens is 104 g/mol. The summed E-state index contributed by atoms with van der Waals surface area (Å²) in [6, 6.07) is 0. The zero-order chi connectivity index (χ0) is 5.82. The largest absolute Gasteiger partial charge is 0.375 e. The summed E-state index contributed by atoms with van der Waals surface area (Å²) in [6.45, 7) is 2.16. The molecule has 1 aliphatic rings. The third-order valence-electron chi connectivity index (χ3n) is 1.05. The molecule has 0 saturated carbocycles. The van der Waals surface area contributed by atoms with Crippen LogP contribution in [-0.4, -0.2) is 0 Å². The standard InChI is InChI=1S/C6H10O2/c1-2-3-4-5-6-7-8-6/h5H,2-4H2,1H3. The molecule has 0 bridgehead atoms. The maximum absolute atomic E-state index is 4.42. The first-order valence-electron chi connectivity index (χ1n) is 2.98. The molecule has 0 N–H and O–H groups in total. The van der Waals surface area contributed by atoms with E-state index in [1.54, 1.807) is 0 Å². The van der Waals surface area contributed by atoms with Gasteiger partial charge in [0.15, 0.2) is 0 Å². The zero-order valence-corrected chi connectivity index (χ0v) is 5.02. The molecule has 1 saturated heterocycles. The second kappa shape index (κ2) is 2.60. The molecule has 0 unspecified atom stereocenters. The van der Waals surface area contributed by atoms with Gasteiger partial charge in [-0.1, -0.05) is 13.3 Å². The molecular formula is C6H10O2. The van der Waals surface area contributed by atoms with E-state index in [2.05, 4.69) is 16.7 Å². The molecule has 0 amide bonds. The Bertz CT molecular complexity index is 90.7. The van der Waals surface area contributed by atoms with Crippen LogP contribution in [0.3, 0.4) is 0 Å². The first-order valence-corrected chi connectivity index (χ1v) is 2.98. The number of unbranched alkanes of at least 4 members (excludes halogenated alkanes) is 2. The van der Waals surface area contributed by atoms with E-state index in [0.29, 0.717) is 5.95 Å². The molecule has 2 nitrogen and oxygen atoms in total. The van der Waals surface area contributed by atoms with Crippen LogP contribution in [0, 0.1) is 0 Å². The van der Waals surface area contributed by atoms with Crippen molar-refractivity contribution in [2.24, 2.45) is 0 Å². The van der Waals surface area contributed by atoms with Crippen molar-refractivity contribution < 1.29 is 9.78 Å². The average Bonchev–Trinajstić information content (AvgIpc) is 2.51. The highest BCUT2D eigenvalue weighted by atomic mass is 17.4. The van der Waals surface area contributed by atoms with Crippen molar-refractivity contribution in [2.75, 3.05) is 0 Å². The van der Waals surface area contributed by atoms with Gasteiger partial charge in [0.1, 0.15) is 0 Å². The van der Waals surface area contributed by atoms with E-state index in [4.69, 9.17) is 0 Å². The van der Waals surface area contributed by atoms with Crippen LogP contribution in [-0.2, 0) is 9.78 Å². The molecule has 0 radical (unpaired) electrons. The second-order valence-corrected chi connectivity index (χ2v) is 1.83. The molecule has 8 heavy (non-hydrogen) atoms. The molecule has 1 aliphatic heterocycles. The zero-order valence-electron chi connectivity index (χ0n) is 5.02. The Morgan fingerprint density at radius 3 is 2.75 bits per heavy atom. The molecule has 0 aliphatic carbocycles. The van der Waals surface area contributed by atoms with E-state index in [0.717, 1.165) is 6.42 Å². The van der Waals surface area contributed by atoms with Crippen molar-refractivity contribution in [1.29, 1.82) is 0 Å². The third kappa shape index (κ3) is 1.87. The van der Waals surface area contributed by atoms with Crippen molar-refractivity contribution >= 4 is 0 Å². The van der Waals surface area contributed by atoms with Gasteiger partial charge >= 0.3 is 5.95 Å². The predicted molar refractivity (Wildman–Crippen MR) is 29.8 cm³/mol. The third-order valence-corrected chi connectivity index (χ3v) is 1.05. The summed E-state index contributed by atoms with van der Waals surface area (Å²) < 4.78 is 0. The lowest BCUT2D eigenvalue weighted by molar-refractivity contribution is 0.0850. The van der Waals surface area contributed by atoms with Gasteiger partial charge in [-0.05, 0) is 12.8 Å². The molecule has 0 aromatic heterocycles. The molecule has 1 heterocycles. The molecule has 0 spiro atoms. The van der Waals surface area contributed by atoms with Crippen LogP contribution < -0.4 is 0 Å². The summed E-state index contributed by atoms with van der Waals surface area (Å²) in [5.41, 5.74) is 0. The lowest BCUT2D eigenvalue weighted by Crippen LogP contribution is -1.64. The number of hydrogen-bond acceptors (Lipinski definition) is 2. The maximum Gasteiger partial charge on any atom is 0.375 e. The number of rotatable bonds is 3. The van der Waals surface area contributed by atoms with Crippen LogP contribution in [0.25, 0.3) is 0 Å². The summed E-state index contributed by atoms with van der Waals surface area (Å²) in [6.07, 6.45) is 5.48. The van der Waals surface area contributed by atoms with Crippen LogP contribution in [0.1, 0.15) is 26.2 Å². The Kier molecular flexibility index (Phi) is 1.78. The Morgan fingerprint density at radius 2 is 2.25 bits per heavy atom. The first-order chi connectivity index (χ1) is 3.93. The second-order valence-electron chi connectivity index (χ2n) is 1.83. The summed E-state index contributed by atoms with van der Waals surface area (Å²) in [7, 11) is 0. The van der Waals surface area contributed by atoms with Gasteiger partial charge < -0.3 is 0 Å². The topological polar surface area (TPSA) is 25.1 Å². The quantitative estimate of drug-likeness (QED) is 0.318. The van der Waals surface area contributed by atoms with Gasteiger partial charge in [0.05, 0.1) is 0 Å². The van der Waals surface area contributed by atoms with Crippen LogP contribution in [0.4, 0.5) is 0 Å². The van der Waals surface area contributed by atoms with Crippen LogP contribution >= 0.6 is 0 Å². The normalized spacial score (nSPS) is 14.4. The van der Waals surface area contributed by atoms with Gasteiger partial charge in [-0.2, -0.15) is 0 Å². The molecule has 46 valence electrons. The monoisotopic (exact) mass is 114 g/mol. The summed E-state index contributed by atoms with van der Waals surface area (Å²) in [5, 5.41) is 0. The SMILES string of the molecule is CCCCC=C1OO1. The van der Waals surface area contributed by atoms with E-state index < -0.39 is 0 Å². The van der Waals surface area contributed by atoms with E-state index in [9.17, 15) is 0 Å². The van der Waals surface area contributed by atoms with E-state index in [1.165, 1.54) is 12.8 Å². The van der Waals surface area contributed by atoms with Crippen LogP contribution in [0.15, 0.2) is 12.0 Å². The fourth-order valence-electron chi connectivity index (χ4n) is 0.516. The van der Waals surface area contributed by atoms with Crippen LogP contribution in [0.5, 0.6) is 0 Å². The highest BCUT2D eigenvalue weighted by Gasteiger charge is 2.15. The van der Waals surface area contributed by atoms with Gasteiger partial charge in [0.25, 0.3) is 0 Å². The maximum atomic E-state index is 4.42. The van der Waals surface area contributed by atoms with Crippen molar-refractivity contribution in [3.63, 3.8) is 0 Å². The molecule has 2 heteroatoms. The highest BCUT2D eigenvalue weighted by Crippen LogP contribution is 2.17. The average molecular weight is 114 g/mol. The molecule has 0 aromatic carbocycles. The van der Waals surface area contributed by atoms with Gasteiger partial charge in [-0.3, -0.25) is 0 Å². The van der Waals surface area contributed by atoms with Crippen molar-refractivity contribution in [2.45, 2.75) is 26.2 Å². The Morgan fingerprint density at radius 1 is 1.50 bits per heavy atom. The summed E-state index contributed by atoms with van der Waals surface area (Å²) >= 11 is 0. The fourth-order valence-corrected chi connectivity index (χ4v) is 0.516. The van der Waals surface area contributed by atoms with Crippen LogP contribution in [0.2, 0.25) is 0 Å². The molecule has 1 fully saturated rings. The summed E-state index contributed by atoms with van der Waals surface area (Å²) in [5.74, 6) is 0.693. The number of hydrogen-bond donors (Lipinski definition) is 0. The lowest BCUT2D eigenvalue weighted by atomic mass is 10.2. The lowest BCUT2D eigenvalue weighted by Gasteiger charge is -1.81. The molecule has 0 aromatic rings. The van der Waals surface area contributed by atoms with Gasteiger partial charge in [-0.25, -0.2) is 9.78 Å². The van der Waals surface area contributed by atoms with Crippen molar-refractivity contribution in [3.05, 3.63) is 12.0 Å². The Labute approximate surface area is 49.0 Å². The minimum atomic E-state index is 0.693. The Balaban J connectivity index is 1.95. The van der Waals surface area contributed by atoms with Crippen molar-refractivity contribution in [3.8, 4) is 0 Å². The minimum absolute atomic E-state index is 0.693. The predicted octanol–water partition coefficient (Wildman–Crippen LogP) is 1.98. The summed E-state index contributed by atoms with van der Waals surface area (Å²) in [4.78, 5) is 8.83. The number of allylic oxidation sites excluding steroid dienone is 1. The van der Waals surface area contributed by atoms with Gasteiger partial charge in [-0.15, -0.1) is 0 Å². The minimum Gasteiger partial charge on any atom is -0.243 e. The molecule has 1 rings (SSSR count).